The molecule has 3 heteroatoms. The Morgan fingerprint density at radius 2 is 1.78 bits per heavy atom. The predicted octanol–water partition coefficient (Wildman–Crippen LogP) is 2.04. The first-order valence-electron chi connectivity index (χ1n) is 6.70. The van der Waals surface area contributed by atoms with Crippen molar-refractivity contribution in [1.82, 2.24) is 4.90 Å². The van der Waals surface area contributed by atoms with E-state index >= 15 is 0 Å². The van der Waals surface area contributed by atoms with Gasteiger partial charge in [0.05, 0.1) is 12.7 Å². The molecule has 102 valence electrons. The molecule has 0 amide bonds. The zero-order valence-corrected chi connectivity index (χ0v) is 11.9. The second-order valence-corrected chi connectivity index (χ2v) is 5.01. The van der Waals surface area contributed by atoms with Crippen molar-refractivity contribution in [3.63, 3.8) is 0 Å². The van der Waals surface area contributed by atoms with Crippen molar-refractivity contribution in [2.24, 2.45) is 5.73 Å². The Kier molecular flexibility index (Phi) is 6.94. The van der Waals surface area contributed by atoms with Gasteiger partial charge < -0.3 is 10.5 Å². The maximum atomic E-state index is 5.55. The van der Waals surface area contributed by atoms with E-state index in [9.17, 15) is 0 Å². The molecule has 2 N–H and O–H groups in total. The van der Waals surface area contributed by atoms with E-state index < -0.39 is 0 Å². The first-order valence-corrected chi connectivity index (χ1v) is 6.70. The van der Waals surface area contributed by atoms with Gasteiger partial charge in [0.1, 0.15) is 0 Å². The molecule has 0 fully saturated rings. The van der Waals surface area contributed by atoms with Gasteiger partial charge in [0.15, 0.2) is 0 Å². The molecule has 0 aromatic heterocycles. The van der Waals surface area contributed by atoms with Gasteiger partial charge in [0, 0.05) is 13.1 Å². The molecule has 0 spiro atoms. The summed E-state index contributed by atoms with van der Waals surface area (Å²) < 4.78 is 5.55. The van der Waals surface area contributed by atoms with Crippen molar-refractivity contribution in [1.29, 1.82) is 0 Å². The summed E-state index contributed by atoms with van der Waals surface area (Å²) in [7, 11) is 2.12. The van der Waals surface area contributed by atoms with Crippen molar-refractivity contribution in [2.75, 3.05) is 26.7 Å². The molecule has 18 heavy (non-hydrogen) atoms. The lowest BCUT2D eigenvalue weighted by Gasteiger charge is -2.17. The Morgan fingerprint density at radius 3 is 2.33 bits per heavy atom. The number of nitrogens with two attached hydrogens (primary N) is 1. The molecule has 3 nitrogen and oxygen atoms in total. The molecular formula is C15H26N2O. The maximum Gasteiger partial charge on any atom is 0.0596 e. The van der Waals surface area contributed by atoms with Gasteiger partial charge in [-0.15, -0.1) is 0 Å². The fourth-order valence-electron chi connectivity index (χ4n) is 1.81. The number of hydrogen-bond donors (Lipinski definition) is 1. The van der Waals surface area contributed by atoms with Gasteiger partial charge in [-0.1, -0.05) is 24.3 Å². The van der Waals surface area contributed by atoms with Gasteiger partial charge in [-0.2, -0.15) is 0 Å². The molecule has 0 atom stereocenters. The third-order valence-electron chi connectivity index (χ3n) is 2.83. The van der Waals surface area contributed by atoms with E-state index in [0.29, 0.717) is 12.6 Å². The summed E-state index contributed by atoms with van der Waals surface area (Å²) in [6.45, 7) is 7.56. The first kappa shape index (κ1) is 15.2. The summed E-state index contributed by atoms with van der Waals surface area (Å²) >= 11 is 0. The fraction of sp³-hybridized carbons (Fsp3) is 0.600. The van der Waals surface area contributed by atoms with Crippen LogP contribution in [0.4, 0.5) is 0 Å². The quantitative estimate of drug-likeness (QED) is 0.767. The van der Waals surface area contributed by atoms with Crippen LogP contribution in [0.15, 0.2) is 24.3 Å². The van der Waals surface area contributed by atoms with E-state index in [0.717, 1.165) is 26.1 Å². The lowest BCUT2D eigenvalue weighted by atomic mass is 10.1. The minimum Gasteiger partial charge on any atom is -0.377 e. The molecule has 0 saturated heterocycles. The van der Waals surface area contributed by atoms with Crippen LogP contribution in [0.3, 0.4) is 0 Å². The highest BCUT2D eigenvalue weighted by Crippen LogP contribution is 2.07. The fourth-order valence-corrected chi connectivity index (χ4v) is 1.81. The van der Waals surface area contributed by atoms with Gasteiger partial charge in [-0.05, 0) is 45.0 Å². The Labute approximate surface area is 111 Å². The summed E-state index contributed by atoms with van der Waals surface area (Å²) in [5.41, 5.74) is 8.18. The number of likely N-dealkylation sites (N-methyl/N-ethyl adjacent to an activating group) is 1. The molecule has 0 aliphatic heterocycles. The standard InChI is InChI=1S/C15H26N2O/c1-13(2)18-11-10-17(3)12-15-6-4-14(5-7-15)8-9-16/h4-7,13H,8-12,16H2,1-3H3. The van der Waals surface area contributed by atoms with E-state index in [4.69, 9.17) is 10.5 Å². The van der Waals surface area contributed by atoms with E-state index in [1.807, 2.05) is 0 Å². The monoisotopic (exact) mass is 250 g/mol. The van der Waals surface area contributed by atoms with Crippen LogP contribution in [-0.4, -0.2) is 37.7 Å². The van der Waals surface area contributed by atoms with Crippen LogP contribution in [0.25, 0.3) is 0 Å². The Morgan fingerprint density at radius 1 is 1.17 bits per heavy atom. The summed E-state index contributed by atoms with van der Waals surface area (Å²) in [6.07, 6.45) is 1.27. The number of ether oxygens (including phenoxy) is 1. The highest BCUT2D eigenvalue weighted by molar-refractivity contribution is 5.22. The number of hydrogen-bond acceptors (Lipinski definition) is 3. The van der Waals surface area contributed by atoms with Crippen molar-refractivity contribution in [2.45, 2.75) is 32.9 Å². The predicted molar refractivity (Wildman–Crippen MR) is 76.6 cm³/mol. The Balaban J connectivity index is 2.32. The van der Waals surface area contributed by atoms with Crippen LogP contribution in [0.5, 0.6) is 0 Å². The second kappa shape index (κ2) is 8.25. The van der Waals surface area contributed by atoms with Gasteiger partial charge in [-0.25, -0.2) is 0 Å². The van der Waals surface area contributed by atoms with Crippen molar-refractivity contribution in [3.05, 3.63) is 35.4 Å². The minimum atomic E-state index is 0.314. The molecule has 0 aliphatic carbocycles. The van der Waals surface area contributed by atoms with E-state index in [2.05, 4.69) is 50.1 Å². The summed E-state index contributed by atoms with van der Waals surface area (Å²) in [5.74, 6) is 0. The zero-order valence-electron chi connectivity index (χ0n) is 11.9. The van der Waals surface area contributed by atoms with Crippen molar-refractivity contribution >= 4 is 0 Å². The number of rotatable bonds is 8. The van der Waals surface area contributed by atoms with Gasteiger partial charge in [0.25, 0.3) is 0 Å². The van der Waals surface area contributed by atoms with Crippen LogP contribution in [-0.2, 0) is 17.7 Å². The molecule has 0 radical (unpaired) electrons. The molecule has 0 saturated carbocycles. The van der Waals surface area contributed by atoms with Gasteiger partial charge in [-0.3, -0.25) is 4.90 Å². The van der Waals surface area contributed by atoms with Crippen molar-refractivity contribution in [3.8, 4) is 0 Å². The average molecular weight is 250 g/mol. The second-order valence-electron chi connectivity index (χ2n) is 5.01. The van der Waals surface area contributed by atoms with Crippen LogP contribution >= 0.6 is 0 Å². The lowest BCUT2D eigenvalue weighted by molar-refractivity contribution is 0.0627. The molecule has 1 rings (SSSR count). The molecule has 0 aliphatic rings. The summed E-state index contributed by atoms with van der Waals surface area (Å²) in [6, 6.07) is 8.71. The lowest BCUT2D eigenvalue weighted by Crippen LogP contribution is -2.24. The van der Waals surface area contributed by atoms with E-state index in [1.54, 1.807) is 0 Å². The third kappa shape index (κ3) is 6.15. The highest BCUT2D eigenvalue weighted by atomic mass is 16.5. The SMILES string of the molecule is CC(C)OCCN(C)Cc1ccc(CCN)cc1. The van der Waals surface area contributed by atoms with E-state index in [-0.39, 0.29) is 0 Å². The Bertz CT molecular complexity index is 322. The summed E-state index contributed by atoms with van der Waals surface area (Å²) in [4.78, 5) is 2.28. The molecular weight excluding hydrogens is 224 g/mol. The van der Waals surface area contributed by atoms with Crippen LogP contribution in [0, 0.1) is 0 Å². The summed E-state index contributed by atoms with van der Waals surface area (Å²) in [5, 5.41) is 0. The Hall–Kier alpha value is -0.900. The minimum absolute atomic E-state index is 0.314. The average Bonchev–Trinajstić information content (AvgIpc) is 2.31. The smallest absolute Gasteiger partial charge is 0.0596 e. The first-order chi connectivity index (χ1) is 8.61. The molecule has 1 aromatic rings. The number of benzene rings is 1. The largest absolute Gasteiger partial charge is 0.377 e. The molecule has 0 unspecified atom stereocenters. The highest BCUT2D eigenvalue weighted by Gasteiger charge is 2.01. The molecule has 0 heterocycles. The van der Waals surface area contributed by atoms with Gasteiger partial charge in [0.2, 0.25) is 0 Å². The van der Waals surface area contributed by atoms with Crippen LogP contribution in [0.2, 0.25) is 0 Å². The zero-order chi connectivity index (χ0) is 13.4. The normalized spacial score (nSPS) is 11.4. The topological polar surface area (TPSA) is 38.5 Å². The van der Waals surface area contributed by atoms with Crippen LogP contribution < -0.4 is 5.73 Å². The van der Waals surface area contributed by atoms with Crippen molar-refractivity contribution < 1.29 is 4.74 Å². The molecule has 0 bridgehead atoms. The van der Waals surface area contributed by atoms with E-state index in [1.165, 1.54) is 11.1 Å². The van der Waals surface area contributed by atoms with Crippen LogP contribution in [0.1, 0.15) is 25.0 Å². The number of nitrogens with zero attached hydrogens (tertiary/aromatic N) is 1. The molecule has 1 aromatic carbocycles. The third-order valence-corrected chi connectivity index (χ3v) is 2.83. The maximum absolute atomic E-state index is 5.55. The van der Waals surface area contributed by atoms with Gasteiger partial charge >= 0.3 is 0 Å².